The SMILES string of the molecule is CNC(Cn1ccnc1C)c1ccc(OC(C)C)cc1. The Kier molecular flexibility index (Phi) is 4.79. The van der Waals surface area contributed by atoms with E-state index in [4.69, 9.17) is 4.74 Å². The molecule has 0 saturated carbocycles. The molecule has 108 valence electrons. The van der Waals surface area contributed by atoms with Gasteiger partial charge in [0.25, 0.3) is 0 Å². The summed E-state index contributed by atoms with van der Waals surface area (Å²) < 4.78 is 7.82. The summed E-state index contributed by atoms with van der Waals surface area (Å²) in [5.41, 5.74) is 1.25. The Labute approximate surface area is 120 Å². The fraction of sp³-hybridized carbons (Fsp3) is 0.438. The van der Waals surface area contributed by atoms with Gasteiger partial charge in [0.05, 0.1) is 6.10 Å². The largest absolute Gasteiger partial charge is 0.491 e. The molecule has 0 aliphatic rings. The number of hydrogen-bond donors (Lipinski definition) is 1. The second-order valence-electron chi connectivity index (χ2n) is 5.20. The van der Waals surface area contributed by atoms with Crippen molar-refractivity contribution in [2.24, 2.45) is 0 Å². The van der Waals surface area contributed by atoms with E-state index in [0.717, 1.165) is 18.1 Å². The van der Waals surface area contributed by atoms with Crippen LogP contribution in [0.3, 0.4) is 0 Å². The molecule has 1 unspecified atom stereocenters. The molecule has 0 spiro atoms. The van der Waals surface area contributed by atoms with E-state index in [9.17, 15) is 0 Å². The van der Waals surface area contributed by atoms with E-state index in [-0.39, 0.29) is 12.1 Å². The van der Waals surface area contributed by atoms with Crippen molar-refractivity contribution in [1.82, 2.24) is 14.9 Å². The van der Waals surface area contributed by atoms with Crippen molar-refractivity contribution in [3.63, 3.8) is 0 Å². The highest BCUT2D eigenvalue weighted by atomic mass is 16.5. The van der Waals surface area contributed by atoms with E-state index >= 15 is 0 Å². The van der Waals surface area contributed by atoms with Gasteiger partial charge in [-0.1, -0.05) is 12.1 Å². The van der Waals surface area contributed by atoms with Crippen LogP contribution in [-0.4, -0.2) is 22.7 Å². The Bertz CT molecular complexity index is 531. The van der Waals surface area contributed by atoms with Crippen LogP contribution in [-0.2, 0) is 6.54 Å². The third-order valence-corrected chi connectivity index (χ3v) is 3.31. The second kappa shape index (κ2) is 6.57. The van der Waals surface area contributed by atoms with E-state index in [1.54, 1.807) is 0 Å². The molecule has 0 fully saturated rings. The van der Waals surface area contributed by atoms with Crippen LogP contribution in [0.15, 0.2) is 36.7 Å². The molecule has 20 heavy (non-hydrogen) atoms. The lowest BCUT2D eigenvalue weighted by Gasteiger charge is -2.19. The van der Waals surface area contributed by atoms with E-state index in [0.29, 0.717) is 0 Å². The van der Waals surface area contributed by atoms with Crippen molar-refractivity contribution < 1.29 is 4.74 Å². The van der Waals surface area contributed by atoms with Crippen molar-refractivity contribution in [3.05, 3.63) is 48.0 Å². The summed E-state index contributed by atoms with van der Waals surface area (Å²) in [6, 6.07) is 8.55. The molecule has 0 bridgehead atoms. The van der Waals surface area contributed by atoms with E-state index in [1.807, 2.05) is 52.3 Å². The first-order valence-electron chi connectivity index (χ1n) is 7.01. The molecule has 0 aliphatic carbocycles. The van der Waals surface area contributed by atoms with Crippen LogP contribution in [0.1, 0.15) is 31.3 Å². The zero-order chi connectivity index (χ0) is 14.5. The average Bonchev–Trinajstić information content (AvgIpc) is 2.82. The molecule has 4 heteroatoms. The molecule has 0 radical (unpaired) electrons. The summed E-state index contributed by atoms with van der Waals surface area (Å²) in [5.74, 6) is 1.95. The normalized spacial score (nSPS) is 12.7. The van der Waals surface area contributed by atoms with E-state index in [1.165, 1.54) is 5.56 Å². The van der Waals surface area contributed by atoms with Crippen LogP contribution in [0.2, 0.25) is 0 Å². The number of imidazole rings is 1. The number of rotatable bonds is 6. The molecular weight excluding hydrogens is 250 g/mol. The van der Waals surface area contributed by atoms with Gasteiger partial charge < -0.3 is 14.6 Å². The van der Waals surface area contributed by atoms with Crippen LogP contribution in [0, 0.1) is 6.92 Å². The number of hydrogen-bond acceptors (Lipinski definition) is 3. The van der Waals surface area contributed by atoms with Gasteiger partial charge in [0.1, 0.15) is 11.6 Å². The quantitative estimate of drug-likeness (QED) is 0.879. The maximum Gasteiger partial charge on any atom is 0.119 e. The molecule has 2 aromatic rings. The van der Waals surface area contributed by atoms with Crippen LogP contribution < -0.4 is 10.1 Å². The molecule has 1 heterocycles. The summed E-state index contributed by atoms with van der Waals surface area (Å²) in [4.78, 5) is 4.26. The van der Waals surface area contributed by atoms with Crippen molar-refractivity contribution >= 4 is 0 Å². The summed E-state index contributed by atoms with van der Waals surface area (Å²) in [7, 11) is 1.98. The molecule has 1 N–H and O–H groups in total. The minimum absolute atomic E-state index is 0.203. The third-order valence-electron chi connectivity index (χ3n) is 3.31. The van der Waals surface area contributed by atoms with Gasteiger partial charge in [-0.2, -0.15) is 0 Å². The van der Waals surface area contributed by atoms with Crippen LogP contribution in [0.25, 0.3) is 0 Å². The predicted molar refractivity (Wildman–Crippen MR) is 81.0 cm³/mol. The average molecular weight is 273 g/mol. The third kappa shape index (κ3) is 3.61. The van der Waals surface area contributed by atoms with Crippen molar-refractivity contribution in [1.29, 1.82) is 0 Å². The fourth-order valence-electron chi connectivity index (χ4n) is 2.21. The first kappa shape index (κ1) is 14.6. The molecular formula is C16H23N3O. The highest BCUT2D eigenvalue weighted by Crippen LogP contribution is 2.20. The Balaban J connectivity index is 2.09. The standard InChI is InChI=1S/C16H23N3O/c1-12(2)20-15-7-5-14(6-8-15)16(17-4)11-19-10-9-18-13(19)3/h5-10,12,16-17H,11H2,1-4H3. The summed E-state index contributed by atoms with van der Waals surface area (Å²) in [6.45, 7) is 6.96. The molecule has 0 amide bonds. The lowest BCUT2D eigenvalue weighted by atomic mass is 10.1. The Morgan fingerprint density at radius 2 is 1.95 bits per heavy atom. The number of nitrogens with one attached hydrogen (secondary N) is 1. The van der Waals surface area contributed by atoms with Crippen molar-refractivity contribution in [2.45, 2.75) is 39.5 Å². The highest BCUT2D eigenvalue weighted by molar-refractivity contribution is 5.29. The minimum atomic E-state index is 0.203. The lowest BCUT2D eigenvalue weighted by molar-refractivity contribution is 0.242. The topological polar surface area (TPSA) is 39.1 Å². The van der Waals surface area contributed by atoms with Crippen LogP contribution in [0.4, 0.5) is 0 Å². The zero-order valence-electron chi connectivity index (χ0n) is 12.6. The van der Waals surface area contributed by atoms with Gasteiger partial charge in [-0.05, 0) is 45.5 Å². The summed E-state index contributed by atoms with van der Waals surface area (Å²) >= 11 is 0. The number of nitrogens with zero attached hydrogens (tertiary/aromatic N) is 2. The Morgan fingerprint density at radius 1 is 1.25 bits per heavy atom. The van der Waals surface area contributed by atoms with Gasteiger partial charge in [0, 0.05) is 25.0 Å². The van der Waals surface area contributed by atoms with Crippen LogP contribution >= 0.6 is 0 Å². The Morgan fingerprint density at radius 3 is 2.45 bits per heavy atom. The van der Waals surface area contributed by atoms with Gasteiger partial charge in [-0.15, -0.1) is 0 Å². The molecule has 0 saturated heterocycles. The first-order chi connectivity index (χ1) is 9.60. The maximum absolute atomic E-state index is 5.67. The number of likely N-dealkylation sites (N-methyl/N-ethyl adjacent to an activating group) is 1. The van der Waals surface area contributed by atoms with E-state index in [2.05, 4.69) is 27.0 Å². The highest BCUT2D eigenvalue weighted by Gasteiger charge is 2.11. The summed E-state index contributed by atoms with van der Waals surface area (Å²) in [5, 5.41) is 3.35. The zero-order valence-corrected chi connectivity index (χ0v) is 12.6. The minimum Gasteiger partial charge on any atom is -0.491 e. The second-order valence-corrected chi connectivity index (χ2v) is 5.20. The molecule has 2 rings (SSSR count). The van der Waals surface area contributed by atoms with Crippen molar-refractivity contribution in [2.75, 3.05) is 7.05 Å². The van der Waals surface area contributed by atoms with Gasteiger partial charge in [0.15, 0.2) is 0 Å². The monoisotopic (exact) mass is 273 g/mol. The van der Waals surface area contributed by atoms with Crippen LogP contribution in [0.5, 0.6) is 5.75 Å². The van der Waals surface area contributed by atoms with Gasteiger partial charge in [-0.3, -0.25) is 0 Å². The fourth-order valence-corrected chi connectivity index (χ4v) is 2.21. The molecule has 0 aliphatic heterocycles. The smallest absolute Gasteiger partial charge is 0.119 e. The molecule has 1 aromatic carbocycles. The van der Waals surface area contributed by atoms with Gasteiger partial charge in [0.2, 0.25) is 0 Å². The number of benzene rings is 1. The Hall–Kier alpha value is -1.81. The molecule has 1 atom stereocenters. The molecule has 4 nitrogen and oxygen atoms in total. The maximum atomic E-state index is 5.67. The van der Waals surface area contributed by atoms with Gasteiger partial charge >= 0.3 is 0 Å². The lowest BCUT2D eigenvalue weighted by Crippen LogP contribution is -2.22. The summed E-state index contributed by atoms with van der Waals surface area (Å²) in [6.07, 6.45) is 4.05. The van der Waals surface area contributed by atoms with Gasteiger partial charge in [-0.25, -0.2) is 4.98 Å². The first-order valence-corrected chi connectivity index (χ1v) is 7.01. The number of aromatic nitrogens is 2. The number of aryl methyl sites for hydroxylation is 1. The van der Waals surface area contributed by atoms with Crippen molar-refractivity contribution in [3.8, 4) is 5.75 Å². The molecule has 1 aromatic heterocycles. The van der Waals surface area contributed by atoms with E-state index < -0.39 is 0 Å². The number of ether oxygens (including phenoxy) is 1. The predicted octanol–water partition coefficient (Wildman–Crippen LogP) is 2.94.